The van der Waals surface area contributed by atoms with Crippen LogP contribution in [0.25, 0.3) is 0 Å². The van der Waals surface area contributed by atoms with E-state index in [0.717, 1.165) is 19.4 Å². The van der Waals surface area contributed by atoms with Crippen LogP contribution in [-0.4, -0.2) is 35.9 Å². The molecule has 8 heteroatoms. The van der Waals surface area contributed by atoms with Gasteiger partial charge in [-0.1, -0.05) is 11.3 Å². The second-order valence-electron chi connectivity index (χ2n) is 4.22. The van der Waals surface area contributed by atoms with Crippen LogP contribution in [0.1, 0.15) is 24.8 Å². The Bertz CT molecular complexity index is 387. The third-order valence-corrected chi connectivity index (χ3v) is 3.94. The maximum Gasteiger partial charge on any atom is 0.445 e. The molecule has 102 valence electrons. The van der Waals surface area contributed by atoms with E-state index in [1.807, 2.05) is 11.8 Å². The van der Waals surface area contributed by atoms with Gasteiger partial charge in [0.15, 0.2) is 0 Å². The number of halogens is 3. The van der Waals surface area contributed by atoms with E-state index in [-0.39, 0.29) is 0 Å². The van der Waals surface area contributed by atoms with Gasteiger partial charge in [-0.25, -0.2) is 0 Å². The molecule has 1 aliphatic heterocycles. The zero-order valence-electron chi connectivity index (χ0n) is 10.00. The summed E-state index contributed by atoms with van der Waals surface area (Å²) in [5.74, 6) is 0. The lowest BCUT2D eigenvalue weighted by molar-refractivity contribution is -0.138. The number of rotatable bonds is 4. The van der Waals surface area contributed by atoms with Crippen LogP contribution in [0, 0.1) is 0 Å². The van der Waals surface area contributed by atoms with Crippen LogP contribution in [0.15, 0.2) is 0 Å². The van der Waals surface area contributed by atoms with E-state index in [1.165, 1.54) is 0 Å². The van der Waals surface area contributed by atoms with Gasteiger partial charge >= 0.3 is 6.18 Å². The molecule has 1 aliphatic rings. The molecule has 0 radical (unpaired) electrons. The highest BCUT2D eigenvalue weighted by Crippen LogP contribution is 2.34. The maximum absolute atomic E-state index is 12.5. The van der Waals surface area contributed by atoms with Crippen LogP contribution >= 0.6 is 11.3 Å². The zero-order chi connectivity index (χ0) is 13.2. The standard InChI is InChI=1S/C10H15F3N4S/c1-2-17(6-7-4-3-5-14-7)9-16-15-8(18-9)10(11,12)13/h7,14H,2-6H2,1H3. The number of alkyl halides is 3. The van der Waals surface area contributed by atoms with Gasteiger partial charge in [0.1, 0.15) is 0 Å². The van der Waals surface area contributed by atoms with Crippen molar-refractivity contribution < 1.29 is 13.2 Å². The van der Waals surface area contributed by atoms with Crippen LogP contribution in [0.4, 0.5) is 18.3 Å². The van der Waals surface area contributed by atoms with E-state index in [1.54, 1.807) is 0 Å². The molecular weight excluding hydrogens is 265 g/mol. The van der Waals surface area contributed by atoms with Crippen LogP contribution < -0.4 is 10.2 Å². The number of anilines is 1. The quantitative estimate of drug-likeness (QED) is 0.917. The minimum atomic E-state index is -4.40. The van der Waals surface area contributed by atoms with Gasteiger partial charge < -0.3 is 10.2 Å². The summed E-state index contributed by atoms with van der Waals surface area (Å²) in [6.07, 6.45) is -2.23. The lowest BCUT2D eigenvalue weighted by Crippen LogP contribution is -2.37. The summed E-state index contributed by atoms with van der Waals surface area (Å²) in [7, 11) is 0. The Morgan fingerprint density at radius 2 is 2.22 bits per heavy atom. The number of nitrogens with zero attached hydrogens (tertiary/aromatic N) is 3. The largest absolute Gasteiger partial charge is 0.445 e. The number of hydrogen-bond acceptors (Lipinski definition) is 5. The fourth-order valence-corrected chi connectivity index (χ4v) is 2.76. The van der Waals surface area contributed by atoms with Gasteiger partial charge in [-0.3, -0.25) is 0 Å². The molecule has 1 saturated heterocycles. The first-order valence-corrected chi connectivity index (χ1v) is 6.71. The molecule has 1 aromatic heterocycles. The molecule has 2 rings (SSSR count). The Kier molecular flexibility index (Phi) is 4.06. The third-order valence-electron chi connectivity index (χ3n) is 2.91. The van der Waals surface area contributed by atoms with Crippen molar-refractivity contribution in [2.45, 2.75) is 32.0 Å². The van der Waals surface area contributed by atoms with Crippen molar-refractivity contribution in [2.75, 3.05) is 24.5 Å². The highest BCUT2D eigenvalue weighted by molar-refractivity contribution is 7.15. The third kappa shape index (κ3) is 3.11. The van der Waals surface area contributed by atoms with Crippen molar-refractivity contribution in [3.63, 3.8) is 0 Å². The second kappa shape index (κ2) is 5.40. The zero-order valence-corrected chi connectivity index (χ0v) is 10.8. The van der Waals surface area contributed by atoms with Crippen LogP contribution in [0.3, 0.4) is 0 Å². The first-order chi connectivity index (χ1) is 8.50. The van der Waals surface area contributed by atoms with Crippen LogP contribution in [-0.2, 0) is 6.18 Å². The molecule has 4 nitrogen and oxygen atoms in total. The molecule has 1 aromatic rings. The molecule has 0 aliphatic carbocycles. The Morgan fingerprint density at radius 1 is 1.44 bits per heavy atom. The summed E-state index contributed by atoms with van der Waals surface area (Å²) in [6.45, 7) is 4.20. The number of nitrogens with one attached hydrogen (secondary N) is 1. The summed E-state index contributed by atoms with van der Waals surface area (Å²) in [6, 6.07) is 0.336. The summed E-state index contributed by atoms with van der Waals surface area (Å²) in [5, 5.41) is 9.64. The molecular formula is C10H15F3N4S. The number of likely N-dealkylation sites (N-methyl/N-ethyl adjacent to an activating group) is 1. The lowest BCUT2D eigenvalue weighted by atomic mass is 10.2. The second-order valence-corrected chi connectivity index (χ2v) is 5.18. The minimum Gasteiger partial charge on any atom is -0.345 e. The molecule has 1 N–H and O–H groups in total. The maximum atomic E-state index is 12.5. The van der Waals surface area contributed by atoms with E-state index in [4.69, 9.17) is 0 Å². The molecule has 0 bridgehead atoms. The molecule has 1 unspecified atom stereocenters. The molecule has 0 saturated carbocycles. The van der Waals surface area contributed by atoms with Crippen molar-refractivity contribution in [2.24, 2.45) is 0 Å². The van der Waals surface area contributed by atoms with Crippen molar-refractivity contribution in [1.29, 1.82) is 0 Å². The number of hydrogen-bond donors (Lipinski definition) is 1. The van der Waals surface area contributed by atoms with Gasteiger partial charge in [0, 0.05) is 19.1 Å². The molecule has 0 spiro atoms. The van der Waals surface area contributed by atoms with E-state index in [2.05, 4.69) is 15.5 Å². The normalized spacial score (nSPS) is 20.3. The van der Waals surface area contributed by atoms with Gasteiger partial charge in [0.05, 0.1) is 0 Å². The van der Waals surface area contributed by atoms with Gasteiger partial charge in [-0.05, 0) is 26.3 Å². The SMILES string of the molecule is CCN(CC1CCCN1)c1nnc(C(F)(F)F)s1. The fourth-order valence-electron chi connectivity index (χ4n) is 1.98. The van der Waals surface area contributed by atoms with Crippen molar-refractivity contribution in [3.05, 3.63) is 5.01 Å². The topological polar surface area (TPSA) is 41.0 Å². The number of aromatic nitrogens is 2. The highest BCUT2D eigenvalue weighted by atomic mass is 32.1. The van der Waals surface area contributed by atoms with Crippen molar-refractivity contribution >= 4 is 16.5 Å². The fraction of sp³-hybridized carbons (Fsp3) is 0.800. The predicted octanol–water partition coefficient (Wildman–Crippen LogP) is 2.14. The monoisotopic (exact) mass is 280 g/mol. The summed E-state index contributed by atoms with van der Waals surface area (Å²) in [5.41, 5.74) is 0. The molecule has 2 heterocycles. The Morgan fingerprint density at radius 3 is 2.72 bits per heavy atom. The molecule has 0 amide bonds. The van der Waals surface area contributed by atoms with Gasteiger partial charge in [-0.15, -0.1) is 10.2 Å². The average molecular weight is 280 g/mol. The smallest absolute Gasteiger partial charge is 0.345 e. The van der Waals surface area contributed by atoms with Crippen molar-refractivity contribution in [1.82, 2.24) is 15.5 Å². The van der Waals surface area contributed by atoms with Crippen LogP contribution in [0.5, 0.6) is 0 Å². The molecule has 18 heavy (non-hydrogen) atoms. The van der Waals surface area contributed by atoms with Gasteiger partial charge in [0.25, 0.3) is 0 Å². The Labute approximate surface area is 107 Å². The van der Waals surface area contributed by atoms with Gasteiger partial charge in [-0.2, -0.15) is 13.2 Å². The van der Waals surface area contributed by atoms with Crippen molar-refractivity contribution in [3.8, 4) is 0 Å². The summed E-state index contributed by atoms with van der Waals surface area (Å²) in [4.78, 5) is 1.84. The first kappa shape index (κ1) is 13.5. The van der Waals surface area contributed by atoms with E-state index < -0.39 is 11.2 Å². The molecule has 1 atom stereocenters. The Hall–Kier alpha value is -0.890. The van der Waals surface area contributed by atoms with E-state index >= 15 is 0 Å². The summed E-state index contributed by atoms with van der Waals surface area (Å²) >= 11 is 0.607. The van der Waals surface area contributed by atoms with E-state index in [9.17, 15) is 13.2 Å². The predicted molar refractivity (Wildman–Crippen MR) is 63.8 cm³/mol. The van der Waals surface area contributed by atoms with Gasteiger partial charge in [0.2, 0.25) is 10.1 Å². The highest BCUT2D eigenvalue weighted by Gasteiger charge is 2.36. The Balaban J connectivity index is 2.05. The summed E-state index contributed by atoms with van der Waals surface area (Å²) < 4.78 is 37.4. The molecule has 1 fully saturated rings. The molecule has 0 aromatic carbocycles. The van der Waals surface area contributed by atoms with Crippen LogP contribution in [0.2, 0.25) is 0 Å². The van der Waals surface area contributed by atoms with E-state index in [0.29, 0.717) is 35.6 Å². The average Bonchev–Trinajstić information content (AvgIpc) is 2.95. The minimum absolute atomic E-state index is 0.336. The lowest BCUT2D eigenvalue weighted by Gasteiger charge is -2.23. The first-order valence-electron chi connectivity index (χ1n) is 5.89.